The van der Waals surface area contributed by atoms with E-state index in [0.717, 1.165) is 46.9 Å². The van der Waals surface area contributed by atoms with Crippen LogP contribution < -0.4 is 4.74 Å². The van der Waals surface area contributed by atoms with E-state index in [1.165, 1.54) is 62.6 Å². The van der Waals surface area contributed by atoms with Crippen LogP contribution in [0, 0.1) is 13.8 Å². The van der Waals surface area contributed by atoms with Crippen molar-refractivity contribution < 1.29 is 4.74 Å². The highest BCUT2D eigenvalue weighted by Crippen LogP contribution is 2.43. The summed E-state index contributed by atoms with van der Waals surface area (Å²) in [6, 6.07) is 29.8. The number of pyridine rings is 1. The maximum Gasteiger partial charge on any atom is 0.137 e. The minimum atomic E-state index is 0.408. The zero-order chi connectivity index (χ0) is 36.5. The molecule has 0 bridgehead atoms. The van der Waals surface area contributed by atoms with Crippen molar-refractivity contribution in [3.05, 3.63) is 131 Å². The lowest BCUT2D eigenvalue weighted by molar-refractivity contribution is 0.483. The van der Waals surface area contributed by atoms with E-state index in [0.29, 0.717) is 17.8 Å². The van der Waals surface area contributed by atoms with Crippen molar-refractivity contribution in [1.82, 2.24) is 19.3 Å². The van der Waals surface area contributed by atoms with Crippen LogP contribution in [0.3, 0.4) is 0 Å². The van der Waals surface area contributed by atoms with Crippen molar-refractivity contribution in [1.29, 1.82) is 0 Å². The Morgan fingerprint density at radius 2 is 1.38 bits per heavy atom. The van der Waals surface area contributed by atoms with Crippen LogP contribution in [0.2, 0.25) is 0 Å². The average Bonchev–Trinajstić information content (AvgIpc) is 3.75. The van der Waals surface area contributed by atoms with Crippen molar-refractivity contribution in [2.75, 3.05) is 0 Å². The maximum atomic E-state index is 6.60. The van der Waals surface area contributed by atoms with Crippen molar-refractivity contribution in [2.45, 2.75) is 98.8 Å². The molecule has 0 radical (unpaired) electrons. The van der Waals surface area contributed by atoms with E-state index in [-0.39, 0.29) is 0 Å². The third-order valence-electron chi connectivity index (χ3n) is 10.8. The Morgan fingerprint density at radius 1 is 0.692 bits per heavy atom. The second kappa shape index (κ2) is 14.8. The monoisotopic (exact) mass is 688 g/mol. The third-order valence-corrected chi connectivity index (χ3v) is 10.8. The summed E-state index contributed by atoms with van der Waals surface area (Å²) in [6.07, 6.45) is 10.8. The zero-order valence-corrected chi connectivity index (χ0v) is 32.1. The quantitative estimate of drug-likeness (QED) is 0.128. The second-order valence-electron chi connectivity index (χ2n) is 15.0. The first-order valence-corrected chi connectivity index (χ1v) is 19.1. The fourth-order valence-corrected chi connectivity index (χ4v) is 8.35. The van der Waals surface area contributed by atoms with Gasteiger partial charge in [0.25, 0.3) is 0 Å². The number of para-hydroxylation sites is 1. The van der Waals surface area contributed by atoms with Crippen molar-refractivity contribution in [3.63, 3.8) is 0 Å². The van der Waals surface area contributed by atoms with Gasteiger partial charge in [0, 0.05) is 40.9 Å². The van der Waals surface area contributed by atoms with E-state index in [9.17, 15) is 0 Å². The van der Waals surface area contributed by atoms with Gasteiger partial charge in [0.15, 0.2) is 0 Å². The van der Waals surface area contributed by atoms with Gasteiger partial charge in [0.2, 0.25) is 0 Å². The van der Waals surface area contributed by atoms with E-state index >= 15 is 0 Å². The first-order valence-electron chi connectivity index (χ1n) is 19.1. The molecule has 0 amide bonds. The van der Waals surface area contributed by atoms with E-state index in [2.05, 4.69) is 145 Å². The van der Waals surface area contributed by atoms with Crippen LogP contribution in [0.5, 0.6) is 11.5 Å². The summed E-state index contributed by atoms with van der Waals surface area (Å²) in [7, 11) is 0. The molecule has 0 aliphatic rings. The molecule has 266 valence electrons. The fourth-order valence-electron chi connectivity index (χ4n) is 8.35. The molecular weight excluding hydrogens is 637 g/mol. The number of nitrogens with zero attached hydrogens (tertiary/aromatic N) is 4. The minimum Gasteiger partial charge on any atom is -0.457 e. The van der Waals surface area contributed by atoms with Crippen LogP contribution in [0.4, 0.5) is 0 Å². The average molecular weight is 689 g/mol. The lowest BCUT2D eigenvalue weighted by Gasteiger charge is -2.26. The van der Waals surface area contributed by atoms with Gasteiger partial charge in [-0.05, 0) is 120 Å². The van der Waals surface area contributed by atoms with Crippen LogP contribution in [-0.2, 0) is 0 Å². The number of aryl methyl sites for hydroxylation is 2. The smallest absolute Gasteiger partial charge is 0.137 e. The summed E-state index contributed by atoms with van der Waals surface area (Å²) < 4.78 is 10.9. The largest absolute Gasteiger partial charge is 0.457 e. The number of hydrogen-bond acceptors (Lipinski definition) is 3. The molecule has 0 saturated heterocycles. The molecule has 4 aromatic carbocycles. The van der Waals surface area contributed by atoms with Crippen LogP contribution in [0.15, 0.2) is 104 Å². The number of hydrogen-bond donors (Lipinski definition) is 0. The molecule has 0 aliphatic carbocycles. The van der Waals surface area contributed by atoms with Crippen LogP contribution >= 0.6 is 0 Å². The first kappa shape index (κ1) is 35.3. The molecule has 0 spiro atoms. The lowest BCUT2D eigenvalue weighted by Crippen LogP contribution is -2.08. The summed E-state index contributed by atoms with van der Waals surface area (Å²) in [5, 5.41) is 7.31. The Labute approximate surface area is 309 Å². The van der Waals surface area contributed by atoms with Crippen molar-refractivity contribution in [2.24, 2.45) is 0 Å². The summed E-state index contributed by atoms with van der Waals surface area (Å²) in [4.78, 5) is 4.82. The van der Waals surface area contributed by atoms with Gasteiger partial charge in [-0.2, -0.15) is 5.10 Å². The van der Waals surface area contributed by atoms with E-state index < -0.39 is 0 Å². The highest BCUT2D eigenvalue weighted by Gasteiger charge is 2.24. The standard InChI is InChI=1S/C47H52N4O/c1-9-14-31(5)45-33(7)24-34(8)46(32(6)15-10-2)47(45)36-28-49-50(29-36)37-16-13-17-38(26-37)52-39-20-21-41-40-18-11-12-19-42(40)51(43(41)27-39)44-25-35(30(3)4)22-23-48-44/h11-13,16-32H,9-10,14-15H2,1-8H3/t31-,32?/m1/s1. The van der Waals surface area contributed by atoms with Crippen LogP contribution in [0.25, 0.3) is 44.4 Å². The van der Waals surface area contributed by atoms with Gasteiger partial charge in [-0.25, -0.2) is 9.67 Å². The summed E-state index contributed by atoms with van der Waals surface area (Å²) >= 11 is 0. The molecule has 3 aromatic heterocycles. The minimum absolute atomic E-state index is 0.408. The molecule has 7 rings (SSSR count). The van der Waals surface area contributed by atoms with Crippen LogP contribution in [0.1, 0.15) is 113 Å². The number of fused-ring (bicyclic) bond motifs is 3. The number of aromatic nitrogens is 4. The predicted molar refractivity (Wildman–Crippen MR) is 218 cm³/mol. The SMILES string of the molecule is CCCC(C)c1c(C)cc(C)c([C@H](C)CCC)c1-c1cnn(-c2cccc(Oc3ccc4c5ccccc5n(-c5cc(C(C)C)ccn5)c4c3)c2)c1. The van der Waals surface area contributed by atoms with Gasteiger partial charge in [-0.3, -0.25) is 4.57 Å². The molecule has 52 heavy (non-hydrogen) atoms. The topological polar surface area (TPSA) is 44.9 Å². The molecule has 0 fully saturated rings. The lowest BCUT2D eigenvalue weighted by atomic mass is 9.78. The molecule has 0 saturated carbocycles. The third kappa shape index (κ3) is 6.65. The molecule has 2 atom stereocenters. The molecule has 7 aromatic rings. The Kier molecular flexibility index (Phi) is 10.1. The Morgan fingerprint density at radius 3 is 2.10 bits per heavy atom. The highest BCUT2D eigenvalue weighted by atomic mass is 16.5. The van der Waals surface area contributed by atoms with Gasteiger partial charge >= 0.3 is 0 Å². The van der Waals surface area contributed by atoms with Crippen molar-refractivity contribution in [3.8, 4) is 34.1 Å². The first-order chi connectivity index (χ1) is 25.2. The Balaban J connectivity index is 1.26. The Bertz CT molecular complexity index is 2320. The van der Waals surface area contributed by atoms with Gasteiger partial charge < -0.3 is 4.74 Å². The molecule has 3 heterocycles. The van der Waals surface area contributed by atoms with E-state index in [1.807, 2.05) is 23.0 Å². The van der Waals surface area contributed by atoms with Gasteiger partial charge in [-0.1, -0.05) is 84.7 Å². The molecule has 0 aliphatic heterocycles. The highest BCUT2D eigenvalue weighted by molar-refractivity contribution is 6.09. The predicted octanol–water partition coefficient (Wildman–Crippen LogP) is 13.4. The molecular formula is C47H52N4O. The normalized spacial score (nSPS) is 12.9. The Hall–Kier alpha value is -5.16. The number of benzene rings is 4. The van der Waals surface area contributed by atoms with Crippen LogP contribution in [-0.4, -0.2) is 19.3 Å². The van der Waals surface area contributed by atoms with Crippen molar-refractivity contribution >= 4 is 21.8 Å². The summed E-state index contributed by atoms with van der Waals surface area (Å²) in [6.45, 7) is 18.4. The fraction of sp³-hybridized carbons (Fsp3) is 0.319. The molecule has 5 heteroatoms. The number of ether oxygens (including phenoxy) is 1. The maximum absolute atomic E-state index is 6.60. The molecule has 1 unspecified atom stereocenters. The summed E-state index contributed by atoms with van der Waals surface area (Å²) in [5.41, 5.74) is 12.7. The van der Waals surface area contributed by atoms with Gasteiger partial charge in [0.05, 0.1) is 22.9 Å². The number of rotatable bonds is 12. The van der Waals surface area contributed by atoms with Gasteiger partial charge in [-0.15, -0.1) is 0 Å². The van der Waals surface area contributed by atoms with Gasteiger partial charge in [0.1, 0.15) is 17.3 Å². The zero-order valence-electron chi connectivity index (χ0n) is 32.1. The second-order valence-corrected chi connectivity index (χ2v) is 15.0. The molecule has 0 N–H and O–H groups in total. The van der Waals surface area contributed by atoms with E-state index in [4.69, 9.17) is 14.8 Å². The van der Waals surface area contributed by atoms with E-state index in [1.54, 1.807) is 0 Å². The molecule has 5 nitrogen and oxygen atoms in total. The summed E-state index contributed by atoms with van der Waals surface area (Å²) in [5.74, 6) is 3.80.